The fraction of sp³-hybridized carbons (Fsp3) is 0.188. The van der Waals surface area contributed by atoms with Gasteiger partial charge in [0.15, 0.2) is 5.11 Å². The average Bonchev–Trinajstić information content (AvgIpc) is 2.99. The summed E-state index contributed by atoms with van der Waals surface area (Å²) in [6.07, 6.45) is 3.11. The zero-order valence-electron chi connectivity index (χ0n) is 13.4. The molecule has 0 atom stereocenters. The Bertz CT molecular complexity index is 879. The molecule has 1 saturated heterocycles. The van der Waals surface area contributed by atoms with Crippen LogP contribution in [0, 0.1) is 6.92 Å². The van der Waals surface area contributed by atoms with Crippen molar-refractivity contribution in [1.82, 2.24) is 15.1 Å². The highest BCUT2D eigenvalue weighted by Gasteiger charge is 2.34. The van der Waals surface area contributed by atoms with Crippen LogP contribution in [0.3, 0.4) is 0 Å². The summed E-state index contributed by atoms with van der Waals surface area (Å²) in [5, 5.41) is 7.19. The molecule has 1 aliphatic rings. The Morgan fingerprint density at radius 3 is 2.72 bits per heavy atom. The number of rotatable bonds is 4. The summed E-state index contributed by atoms with van der Waals surface area (Å²) in [4.78, 5) is 14.0. The molecule has 0 unspecified atom stereocenters. The number of carbonyl (C=O) groups is 1. The van der Waals surface area contributed by atoms with Gasteiger partial charge in [-0.2, -0.15) is 13.9 Å². The lowest BCUT2D eigenvalue weighted by atomic mass is 10.1. The van der Waals surface area contributed by atoms with Crippen molar-refractivity contribution in [3.05, 3.63) is 47.4 Å². The minimum Gasteiger partial charge on any atom is -0.434 e. The molecule has 3 rings (SSSR count). The summed E-state index contributed by atoms with van der Waals surface area (Å²) < 4.78 is 31.1. The zero-order valence-corrected chi connectivity index (χ0v) is 14.2. The van der Waals surface area contributed by atoms with E-state index < -0.39 is 12.5 Å². The first kappa shape index (κ1) is 17.0. The molecule has 2 heterocycles. The third-order valence-electron chi connectivity index (χ3n) is 3.54. The minimum atomic E-state index is -2.96. The molecule has 0 spiro atoms. The van der Waals surface area contributed by atoms with E-state index in [1.54, 1.807) is 43.0 Å². The van der Waals surface area contributed by atoms with Crippen molar-refractivity contribution in [2.24, 2.45) is 7.05 Å². The van der Waals surface area contributed by atoms with Crippen LogP contribution >= 0.6 is 12.2 Å². The molecule has 1 aromatic heterocycles. The summed E-state index contributed by atoms with van der Waals surface area (Å²) in [5.41, 5.74) is 1.71. The second-order valence-corrected chi connectivity index (χ2v) is 5.71. The van der Waals surface area contributed by atoms with E-state index in [1.165, 1.54) is 17.0 Å². The molecule has 1 fully saturated rings. The van der Waals surface area contributed by atoms with Gasteiger partial charge in [-0.25, -0.2) is 4.90 Å². The number of ether oxygens (including phenoxy) is 1. The van der Waals surface area contributed by atoms with Crippen LogP contribution in [0.15, 0.2) is 36.2 Å². The van der Waals surface area contributed by atoms with Crippen LogP contribution in [-0.4, -0.2) is 27.4 Å². The number of thiocarbonyl (C=S) groups is 1. The Hall–Kier alpha value is -2.81. The van der Waals surface area contributed by atoms with Crippen molar-refractivity contribution in [1.29, 1.82) is 0 Å². The van der Waals surface area contributed by atoms with E-state index >= 15 is 0 Å². The molecule has 1 aliphatic heterocycles. The highest BCUT2D eigenvalue weighted by Crippen LogP contribution is 2.27. The van der Waals surface area contributed by atoms with Crippen molar-refractivity contribution in [3.8, 4) is 5.75 Å². The average molecular weight is 364 g/mol. The number of nitrogens with zero attached hydrogens (tertiary/aromatic N) is 3. The normalized spacial score (nSPS) is 16.0. The quantitative estimate of drug-likeness (QED) is 0.668. The third kappa shape index (κ3) is 3.36. The third-order valence-corrected chi connectivity index (χ3v) is 3.83. The molecule has 1 amide bonds. The van der Waals surface area contributed by atoms with Gasteiger partial charge < -0.3 is 10.1 Å². The Balaban J connectivity index is 1.95. The molecular formula is C16H14F2N4O2S. The number of carbonyl (C=O) groups excluding carboxylic acids is 1. The minimum absolute atomic E-state index is 0.0264. The molecule has 0 bridgehead atoms. The summed E-state index contributed by atoms with van der Waals surface area (Å²) in [5.74, 6) is -0.422. The van der Waals surface area contributed by atoms with Crippen LogP contribution < -0.4 is 15.0 Å². The maximum atomic E-state index is 12.7. The summed E-state index contributed by atoms with van der Waals surface area (Å²) in [6.45, 7) is -1.19. The van der Waals surface area contributed by atoms with Crippen molar-refractivity contribution < 1.29 is 18.3 Å². The van der Waals surface area contributed by atoms with Gasteiger partial charge in [0.25, 0.3) is 5.91 Å². The Labute approximate surface area is 147 Å². The fourth-order valence-corrected chi connectivity index (χ4v) is 2.81. The van der Waals surface area contributed by atoms with E-state index in [2.05, 4.69) is 15.2 Å². The predicted octanol–water partition coefficient (Wildman–Crippen LogP) is 2.59. The second-order valence-electron chi connectivity index (χ2n) is 5.32. The second kappa shape index (κ2) is 6.60. The van der Waals surface area contributed by atoms with Gasteiger partial charge in [-0.3, -0.25) is 9.48 Å². The first-order chi connectivity index (χ1) is 11.9. The number of amides is 1. The standard InChI is InChI=1S/C16H14F2N4O2S/c1-9-12(8-21(2)20-9)22-14(23)11(19-16(22)25)7-10-5-3-4-6-13(10)24-15(17)18/h3-8,15H,1-2H3,(H,19,25)/b11-7+. The number of alkyl halides is 2. The number of aromatic nitrogens is 2. The summed E-state index contributed by atoms with van der Waals surface area (Å²) >= 11 is 5.23. The number of hydrogen-bond donors (Lipinski definition) is 1. The SMILES string of the molecule is Cc1nn(C)cc1N1C(=O)/C(=C\c2ccccc2OC(F)F)NC1=S. The number of halogens is 2. The number of nitrogens with one attached hydrogen (secondary N) is 1. The first-order valence-electron chi connectivity index (χ1n) is 7.28. The maximum absolute atomic E-state index is 12.7. The van der Waals surface area contributed by atoms with Crippen LogP contribution in [0.2, 0.25) is 0 Å². The fourth-order valence-electron chi connectivity index (χ4n) is 2.52. The Kier molecular flexibility index (Phi) is 4.49. The largest absolute Gasteiger partial charge is 0.434 e. The zero-order chi connectivity index (χ0) is 18.1. The van der Waals surface area contributed by atoms with Crippen molar-refractivity contribution in [2.75, 3.05) is 4.90 Å². The van der Waals surface area contributed by atoms with Gasteiger partial charge in [-0.1, -0.05) is 18.2 Å². The van der Waals surface area contributed by atoms with Gasteiger partial charge >= 0.3 is 6.61 Å². The van der Waals surface area contributed by atoms with Crippen LogP contribution in [0.5, 0.6) is 5.75 Å². The first-order valence-corrected chi connectivity index (χ1v) is 7.69. The topological polar surface area (TPSA) is 59.4 Å². The summed E-state index contributed by atoms with van der Waals surface area (Å²) in [6, 6.07) is 6.20. The number of benzene rings is 1. The number of anilines is 1. The number of hydrogen-bond acceptors (Lipinski definition) is 4. The lowest BCUT2D eigenvalue weighted by molar-refractivity contribution is -0.113. The van der Waals surface area contributed by atoms with Gasteiger partial charge in [0.1, 0.15) is 11.4 Å². The highest BCUT2D eigenvalue weighted by atomic mass is 32.1. The van der Waals surface area contributed by atoms with Crippen LogP contribution in [0.1, 0.15) is 11.3 Å². The van der Waals surface area contributed by atoms with Crippen molar-refractivity contribution in [2.45, 2.75) is 13.5 Å². The molecule has 9 heteroatoms. The van der Waals surface area contributed by atoms with Crippen LogP contribution in [0.4, 0.5) is 14.5 Å². The number of para-hydroxylation sites is 1. The Morgan fingerprint density at radius 1 is 1.36 bits per heavy atom. The summed E-state index contributed by atoms with van der Waals surface area (Å²) in [7, 11) is 1.74. The lowest BCUT2D eigenvalue weighted by Gasteiger charge is -2.12. The molecule has 0 radical (unpaired) electrons. The van der Waals surface area contributed by atoms with E-state index in [-0.39, 0.29) is 16.6 Å². The lowest BCUT2D eigenvalue weighted by Crippen LogP contribution is -2.30. The van der Waals surface area contributed by atoms with E-state index in [9.17, 15) is 13.6 Å². The maximum Gasteiger partial charge on any atom is 0.387 e. The van der Waals surface area contributed by atoms with E-state index in [4.69, 9.17) is 12.2 Å². The smallest absolute Gasteiger partial charge is 0.387 e. The molecule has 2 aromatic rings. The van der Waals surface area contributed by atoms with E-state index in [0.717, 1.165) is 0 Å². The van der Waals surface area contributed by atoms with Crippen LogP contribution in [-0.2, 0) is 11.8 Å². The molecular weight excluding hydrogens is 350 g/mol. The molecule has 130 valence electrons. The van der Waals surface area contributed by atoms with Crippen molar-refractivity contribution in [3.63, 3.8) is 0 Å². The highest BCUT2D eigenvalue weighted by molar-refractivity contribution is 7.80. The van der Waals surface area contributed by atoms with E-state index in [1.807, 2.05) is 0 Å². The van der Waals surface area contributed by atoms with Crippen molar-refractivity contribution >= 4 is 35.0 Å². The molecule has 25 heavy (non-hydrogen) atoms. The monoisotopic (exact) mass is 364 g/mol. The molecule has 6 nitrogen and oxygen atoms in total. The molecule has 1 aromatic carbocycles. The number of aryl methyl sites for hydroxylation is 2. The van der Waals surface area contributed by atoms with Crippen LogP contribution in [0.25, 0.3) is 6.08 Å². The van der Waals surface area contributed by atoms with Gasteiger partial charge in [-0.05, 0) is 31.3 Å². The molecule has 0 saturated carbocycles. The predicted molar refractivity (Wildman–Crippen MR) is 92.2 cm³/mol. The van der Waals surface area contributed by atoms with Gasteiger partial charge in [-0.15, -0.1) is 0 Å². The molecule has 0 aliphatic carbocycles. The van der Waals surface area contributed by atoms with Gasteiger partial charge in [0.05, 0.1) is 11.4 Å². The Morgan fingerprint density at radius 2 is 2.08 bits per heavy atom. The molecule has 1 N–H and O–H groups in total. The van der Waals surface area contributed by atoms with Gasteiger partial charge in [0.2, 0.25) is 0 Å². The van der Waals surface area contributed by atoms with Gasteiger partial charge in [0, 0.05) is 18.8 Å². The van der Waals surface area contributed by atoms with E-state index in [0.29, 0.717) is 16.9 Å².